The summed E-state index contributed by atoms with van der Waals surface area (Å²) < 4.78 is 0.690. The first kappa shape index (κ1) is 11.0. The van der Waals surface area contributed by atoms with Crippen LogP contribution < -0.4 is 5.73 Å². The molecule has 0 bridgehead atoms. The van der Waals surface area contributed by atoms with Crippen LogP contribution in [0.4, 0.5) is 11.4 Å². The minimum Gasteiger partial charge on any atom is -0.399 e. The van der Waals surface area contributed by atoms with Crippen LogP contribution in [0.2, 0.25) is 0 Å². The van der Waals surface area contributed by atoms with Crippen molar-refractivity contribution in [2.24, 2.45) is 0 Å². The van der Waals surface area contributed by atoms with E-state index in [1.807, 2.05) is 12.1 Å². The summed E-state index contributed by atoms with van der Waals surface area (Å²) in [6, 6.07) is 8.78. The van der Waals surface area contributed by atoms with Gasteiger partial charge in [-0.25, -0.2) is 0 Å². The Morgan fingerprint density at radius 3 is 2.56 bits per heavy atom. The molecule has 0 unspecified atom stereocenters. The van der Waals surface area contributed by atoms with E-state index >= 15 is 0 Å². The largest absolute Gasteiger partial charge is 0.399 e. The highest BCUT2D eigenvalue weighted by molar-refractivity contribution is 8.01. The fraction of sp³-hybridized carbons (Fsp3) is 0. The van der Waals surface area contributed by atoms with E-state index < -0.39 is 0 Å². The number of thiophene rings is 1. The van der Waals surface area contributed by atoms with Crippen molar-refractivity contribution in [3.05, 3.63) is 45.8 Å². The Morgan fingerprint density at radius 1 is 1.25 bits per heavy atom. The monoisotopic (exact) mass is 252 g/mol. The van der Waals surface area contributed by atoms with E-state index in [0.29, 0.717) is 9.90 Å². The molecule has 0 saturated carbocycles. The number of hydrogen-bond acceptors (Lipinski definition) is 5. The zero-order valence-electron chi connectivity index (χ0n) is 8.12. The third-order valence-electron chi connectivity index (χ3n) is 1.90. The SMILES string of the molecule is Nc1ccc(Sc2sccc2[N+](=O)[O-])cc1. The summed E-state index contributed by atoms with van der Waals surface area (Å²) >= 11 is 2.75. The summed E-state index contributed by atoms with van der Waals surface area (Å²) in [4.78, 5) is 11.3. The van der Waals surface area contributed by atoms with E-state index in [1.165, 1.54) is 29.2 Å². The average Bonchev–Trinajstić information content (AvgIpc) is 2.69. The Balaban J connectivity index is 2.23. The Kier molecular flexibility index (Phi) is 3.12. The van der Waals surface area contributed by atoms with Crippen LogP contribution >= 0.6 is 23.1 Å². The highest BCUT2D eigenvalue weighted by Gasteiger charge is 2.15. The van der Waals surface area contributed by atoms with Gasteiger partial charge in [-0.3, -0.25) is 10.1 Å². The molecule has 0 aliphatic rings. The van der Waals surface area contributed by atoms with Crippen LogP contribution in [0.15, 0.2) is 44.8 Å². The molecule has 0 radical (unpaired) electrons. The maximum atomic E-state index is 10.7. The van der Waals surface area contributed by atoms with Gasteiger partial charge in [0.15, 0.2) is 0 Å². The summed E-state index contributed by atoms with van der Waals surface area (Å²) in [5.41, 5.74) is 6.41. The van der Waals surface area contributed by atoms with Crippen LogP contribution in [0, 0.1) is 10.1 Å². The van der Waals surface area contributed by atoms with E-state index in [-0.39, 0.29) is 10.6 Å². The van der Waals surface area contributed by atoms with Crippen LogP contribution in [-0.4, -0.2) is 4.92 Å². The molecule has 0 spiro atoms. The second kappa shape index (κ2) is 4.54. The lowest BCUT2D eigenvalue weighted by Gasteiger charge is -1.99. The van der Waals surface area contributed by atoms with Crippen LogP contribution in [-0.2, 0) is 0 Å². The van der Waals surface area contributed by atoms with Crippen molar-refractivity contribution in [3.63, 3.8) is 0 Å². The molecule has 6 heteroatoms. The second-order valence-corrected chi connectivity index (χ2v) is 5.28. The van der Waals surface area contributed by atoms with Crippen molar-refractivity contribution in [1.29, 1.82) is 0 Å². The quantitative estimate of drug-likeness (QED) is 0.516. The lowest BCUT2D eigenvalue weighted by Crippen LogP contribution is -1.86. The molecule has 0 fully saturated rings. The fourth-order valence-corrected chi connectivity index (χ4v) is 3.11. The molecule has 16 heavy (non-hydrogen) atoms. The number of nitrogens with two attached hydrogens (primary N) is 1. The minimum atomic E-state index is -0.365. The summed E-state index contributed by atoms with van der Waals surface area (Å²) in [6.45, 7) is 0. The maximum Gasteiger partial charge on any atom is 0.294 e. The van der Waals surface area contributed by atoms with Gasteiger partial charge in [0.2, 0.25) is 0 Å². The van der Waals surface area contributed by atoms with Crippen molar-refractivity contribution < 1.29 is 4.92 Å². The Hall–Kier alpha value is -1.53. The van der Waals surface area contributed by atoms with Gasteiger partial charge >= 0.3 is 0 Å². The smallest absolute Gasteiger partial charge is 0.294 e. The summed E-state index contributed by atoms with van der Waals surface area (Å²) in [5.74, 6) is 0. The van der Waals surface area contributed by atoms with Gasteiger partial charge in [-0.1, -0.05) is 11.8 Å². The highest BCUT2D eigenvalue weighted by atomic mass is 32.2. The fourth-order valence-electron chi connectivity index (χ4n) is 1.14. The Morgan fingerprint density at radius 2 is 1.94 bits per heavy atom. The van der Waals surface area contributed by atoms with E-state index in [4.69, 9.17) is 5.73 Å². The molecule has 0 atom stereocenters. The third-order valence-corrected chi connectivity index (χ3v) is 4.03. The first-order chi connectivity index (χ1) is 7.66. The van der Waals surface area contributed by atoms with Crippen molar-refractivity contribution >= 4 is 34.5 Å². The van der Waals surface area contributed by atoms with Gasteiger partial charge in [0, 0.05) is 16.6 Å². The first-order valence-electron chi connectivity index (χ1n) is 4.42. The predicted molar refractivity (Wildman–Crippen MR) is 66.0 cm³/mol. The number of benzene rings is 1. The molecule has 82 valence electrons. The maximum absolute atomic E-state index is 10.7. The topological polar surface area (TPSA) is 69.2 Å². The number of rotatable bonds is 3. The summed E-state index contributed by atoms with van der Waals surface area (Å²) in [7, 11) is 0. The number of nitrogens with zero attached hydrogens (tertiary/aromatic N) is 1. The number of hydrogen-bond donors (Lipinski definition) is 1. The number of anilines is 1. The Labute approximate surface area is 100 Å². The van der Waals surface area contributed by atoms with Crippen LogP contribution in [0.5, 0.6) is 0 Å². The van der Waals surface area contributed by atoms with E-state index in [1.54, 1.807) is 17.5 Å². The standard InChI is InChI=1S/C10H8N2O2S2/c11-7-1-3-8(4-2-7)16-10-9(12(13)14)5-6-15-10/h1-6H,11H2. The van der Waals surface area contributed by atoms with Crippen LogP contribution in [0.3, 0.4) is 0 Å². The molecule has 1 aromatic heterocycles. The average molecular weight is 252 g/mol. The van der Waals surface area contributed by atoms with Gasteiger partial charge in [-0.15, -0.1) is 11.3 Å². The van der Waals surface area contributed by atoms with E-state index in [0.717, 1.165) is 4.90 Å². The first-order valence-corrected chi connectivity index (χ1v) is 6.12. The van der Waals surface area contributed by atoms with Gasteiger partial charge in [0.25, 0.3) is 5.69 Å². The molecular weight excluding hydrogens is 244 g/mol. The van der Waals surface area contributed by atoms with Crippen molar-refractivity contribution in [2.75, 3.05) is 5.73 Å². The molecule has 0 amide bonds. The molecule has 1 aromatic carbocycles. The molecule has 0 saturated heterocycles. The molecule has 0 aliphatic carbocycles. The zero-order valence-corrected chi connectivity index (χ0v) is 9.75. The molecule has 4 nitrogen and oxygen atoms in total. The van der Waals surface area contributed by atoms with Gasteiger partial charge in [-0.05, 0) is 29.6 Å². The molecular formula is C10H8N2O2S2. The number of nitrogen functional groups attached to an aromatic ring is 1. The normalized spacial score (nSPS) is 10.2. The van der Waals surface area contributed by atoms with Gasteiger partial charge in [-0.2, -0.15) is 0 Å². The zero-order chi connectivity index (χ0) is 11.5. The van der Waals surface area contributed by atoms with Gasteiger partial charge < -0.3 is 5.73 Å². The molecule has 2 aromatic rings. The summed E-state index contributed by atoms with van der Waals surface area (Å²) in [5, 5.41) is 12.4. The van der Waals surface area contributed by atoms with Gasteiger partial charge in [0.05, 0.1) is 4.92 Å². The Bertz CT molecular complexity index is 508. The van der Waals surface area contributed by atoms with Crippen molar-refractivity contribution in [3.8, 4) is 0 Å². The van der Waals surface area contributed by atoms with Gasteiger partial charge in [0.1, 0.15) is 4.21 Å². The molecule has 0 aliphatic heterocycles. The van der Waals surface area contributed by atoms with Crippen molar-refractivity contribution in [2.45, 2.75) is 9.10 Å². The second-order valence-electron chi connectivity index (χ2n) is 3.02. The third kappa shape index (κ3) is 2.34. The summed E-state index contributed by atoms with van der Waals surface area (Å²) in [6.07, 6.45) is 0. The van der Waals surface area contributed by atoms with Crippen LogP contribution in [0.1, 0.15) is 0 Å². The minimum absolute atomic E-state index is 0.159. The van der Waals surface area contributed by atoms with E-state index in [9.17, 15) is 10.1 Å². The molecule has 1 heterocycles. The molecule has 2 N–H and O–H groups in total. The lowest BCUT2D eigenvalue weighted by atomic mass is 10.3. The lowest BCUT2D eigenvalue weighted by molar-refractivity contribution is -0.387. The van der Waals surface area contributed by atoms with Crippen molar-refractivity contribution in [1.82, 2.24) is 0 Å². The van der Waals surface area contributed by atoms with Crippen LogP contribution in [0.25, 0.3) is 0 Å². The highest BCUT2D eigenvalue weighted by Crippen LogP contribution is 2.38. The van der Waals surface area contributed by atoms with E-state index in [2.05, 4.69) is 0 Å². The number of nitro groups is 1. The molecule has 2 rings (SSSR count). The predicted octanol–water partition coefficient (Wildman–Crippen LogP) is 3.39.